The molecule has 0 amide bonds. The third kappa shape index (κ3) is 5.25. The van der Waals surface area contributed by atoms with Crippen LogP contribution in [0.2, 0.25) is 0 Å². The largest absolute Gasteiger partial charge is 0.382 e. The van der Waals surface area contributed by atoms with Crippen molar-refractivity contribution in [3.05, 3.63) is 0 Å². The number of hydroxylamine groups is 1. The molecule has 0 aromatic carbocycles. The Labute approximate surface area is 99.2 Å². The van der Waals surface area contributed by atoms with Crippen molar-refractivity contribution in [3.8, 4) is 0 Å². The van der Waals surface area contributed by atoms with Gasteiger partial charge in [-0.3, -0.25) is 4.84 Å². The first-order chi connectivity index (χ1) is 7.74. The van der Waals surface area contributed by atoms with Gasteiger partial charge in [0.2, 0.25) is 0 Å². The van der Waals surface area contributed by atoms with E-state index in [4.69, 9.17) is 9.57 Å². The average Bonchev–Trinajstić information content (AvgIpc) is 2.50. The lowest BCUT2D eigenvalue weighted by molar-refractivity contribution is -0.0143. The standard InChI is InChI=1S/C12H26N2O2/c1-11(2)14-7-4-5-12(6-8-14)13-16-10-9-15-3/h11-13H,4-10H2,1-3H3. The van der Waals surface area contributed by atoms with Gasteiger partial charge in [-0.2, -0.15) is 5.48 Å². The van der Waals surface area contributed by atoms with Crippen molar-refractivity contribution in [3.63, 3.8) is 0 Å². The van der Waals surface area contributed by atoms with Crippen LogP contribution in [0.4, 0.5) is 0 Å². The Bertz CT molecular complexity index is 176. The van der Waals surface area contributed by atoms with E-state index in [9.17, 15) is 0 Å². The predicted octanol–water partition coefficient (Wildman–Crippen LogP) is 1.42. The number of nitrogens with one attached hydrogen (secondary N) is 1. The number of methoxy groups -OCH3 is 1. The zero-order valence-electron chi connectivity index (χ0n) is 10.9. The summed E-state index contributed by atoms with van der Waals surface area (Å²) in [6.07, 6.45) is 3.63. The SMILES string of the molecule is COCCONC1CCCN(C(C)C)CC1. The summed E-state index contributed by atoms with van der Waals surface area (Å²) in [6.45, 7) is 8.20. The summed E-state index contributed by atoms with van der Waals surface area (Å²) in [6, 6.07) is 1.16. The molecule has 1 atom stereocenters. The van der Waals surface area contributed by atoms with E-state index >= 15 is 0 Å². The summed E-state index contributed by atoms with van der Waals surface area (Å²) in [5.74, 6) is 0. The molecule has 4 heteroatoms. The number of rotatable bonds is 6. The molecule has 0 spiro atoms. The van der Waals surface area contributed by atoms with Crippen LogP contribution in [0.3, 0.4) is 0 Å². The molecular weight excluding hydrogens is 204 g/mol. The van der Waals surface area contributed by atoms with Gasteiger partial charge < -0.3 is 9.64 Å². The van der Waals surface area contributed by atoms with Crippen LogP contribution in [0.25, 0.3) is 0 Å². The lowest BCUT2D eigenvalue weighted by atomic mass is 10.1. The molecule has 0 aliphatic carbocycles. The highest BCUT2D eigenvalue weighted by atomic mass is 16.7. The van der Waals surface area contributed by atoms with E-state index in [1.165, 1.54) is 32.4 Å². The van der Waals surface area contributed by atoms with Crippen LogP contribution in [0, 0.1) is 0 Å². The van der Waals surface area contributed by atoms with Crippen LogP contribution in [-0.4, -0.2) is 50.4 Å². The molecule has 1 aliphatic rings. The van der Waals surface area contributed by atoms with E-state index in [0.29, 0.717) is 25.3 Å². The number of nitrogens with zero attached hydrogens (tertiary/aromatic N) is 1. The highest BCUT2D eigenvalue weighted by Crippen LogP contribution is 2.13. The lowest BCUT2D eigenvalue weighted by Gasteiger charge is -2.24. The van der Waals surface area contributed by atoms with Crippen LogP contribution >= 0.6 is 0 Å². The normalized spacial score (nSPS) is 23.6. The minimum absolute atomic E-state index is 0.501. The van der Waals surface area contributed by atoms with Crippen LogP contribution < -0.4 is 5.48 Å². The molecule has 0 saturated carbocycles. The molecule has 1 rings (SSSR count). The quantitative estimate of drug-likeness (QED) is 0.553. The molecule has 1 N–H and O–H groups in total. The summed E-state index contributed by atoms with van der Waals surface area (Å²) in [7, 11) is 1.69. The zero-order chi connectivity index (χ0) is 11.8. The number of hydrogen-bond acceptors (Lipinski definition) is 4. The third-order valence-corrected chi connectivity index (χ3v) is 3.13. The summed E-state index contributed by atoms with van der Waals surface area (Å²) < 4.78 is 4.93. The molecule has 1 aliphatic heterocycles. The molecule has 1 fully saturated rings. The second kappa shape index (κ2) is 8.01. The van der Waals surface area contributed by atoms with Gasteiger partial charge in [0.15, 0.2) is 0 Å². The second-order valence-electron chi connectivity index (χ2n) is 4.72. The maximum absolute atomic E-state index is 5.37. The average molecular weight is 230 g/mol. The first-order valence-electron chi connectivity index (χ1n) is 6.34. The van der Waals surface area contributed by atoms with Crippen LogP contribution in [0.15, 0.2) is 0 Å². The Kier molecular flexibility index (Phi) is 6.96. The van der Waals surface area contributed by atoms with E-state index in [1.807, 2.05) is 0 Å². The molecule has 96 valence electrons. The van der Waals surface area contributed by atoms with Gasteiger partial charge in [-0.25, -0.2) is 0 Å². The smallest absolute Gasteiger partial charge is 0.0915 e. The first kappa shape index (κ1) is 13.9. The van der Waals surface area contributed by atoms with Gasteiger partial charge in [0, 0.05) is 19.2 Å². The van der Waals surface area contributed by atoms with Crippen molar-refractivity contribution < 1.29 is 9.57 Å². The summed E-state index contributed by atoms with van der Waals surface area (Å²) in [5.41, 5.74) is 3.15. The van der Waals surface area contributed by atoms with E-state index in [0.717, 1.165) is 0 Å². The minimum atomic E-state index is 0.501. The molecule has 1 saturated heterocycles. The van der Waals surface area contributed by atoms with Gasteiger partial charge >= 0.3 is 0 Å². The summed E-state index contributed by atoms with van der Waals surface area (Å²) in [5, 5.41) is 0. The van der Waals surface area contributed by atoms with Crippen molar-refractivity contribution in [2.45, 2.75) is 45.2 Å². The fraction of sp³-hybridized carbons (Fsp3) is 1.00. The molecule has 4 nitrogen and oxygen atoms in total. The number of hydrogen-bond donors (Lipinski definition) is 1. The Balaban J connectivity index is 2.15. The van der Waals surface area contributed by atoms with Crippen molar-refractivity contribution in [2.24, 2.45) is 0 Å². The Morgan fingerprint density at radius 2 is 2.06 bits per heavy atom. The molecular formula is C12H26N2O2. The molecule has 0 aromatic heterocycles. The highest BCUT2D eigenvalue weighted by molar-refractivity contribution is 4.74. The van der Waals surface area contributed by atoms with Crippen molar-refractivity contribution >= 4 is 0 Å². The fourth-order valence-electron chi connectivity index (χ4n) is 2.05. The lowest BCUT2D eigenvalue weighted by Crippen LogP contribution is -2.34. The van der Waals surface area contributed by atoms with Crippen molar-refractivity contribution in [1.82, 2.24) is 10.4 Å². The van der Waals surface area contributed by atoms with Crippen molar-refractivity contribution in [1.29, 1.82) is 0 Å². The monoisotopic (exact) mass is 230 g/mol. The molecule has 1 heterocycles. The molecule has 0 bridgehead atoms. The zero-order valence-corrected chi connectivity index (χ0v) is 10.9. The molecule has 1 unspecified atom stereocenters. The molecule has 16 heavy (non-hydrogen) atoms. The second-order valence-corrected chi connectivity index (χ2v) is 4.72. The fourth-order valence-corrected chi connectivity index (χ4v) is 2.05. The predicted molar refractivity (Wildman–Crippen MR) is 65.3 cm³/mol. The summed E-state index contributed by atoms with van der Waals surface area (Å²) in [4.78, 5) is 7.91. The van der Waals surface area contributed by atoms with Gasteiger partial charge in [-0.15, -0.1) is 0 Å². The Hall–Kier alpha value is -0.160. The Morgan fingerprint density at radius 3 is 2.75 bits per heavy atom. The number of ether oxygens (including phenoxy) is 1. The molecule has 0 radical (unpaired) electrons. The van der Waals surface area contributed by atoms with Gasteiger partial charge in [0.25, 0.3) is 0 Å². The van der Waals surface area contributed by atoms with Gasteiger partial charge in [0.1, 0.15) is 0 Å². The topological polar surface area (TPSA) is 33.7 Å². The van der Waals surface area contributed by atoms with Crippen LogP contribution in [-0.2, 0) is 9.57 Å². The van der Waals surface area contributed by atoms with E-state index in [-0.39, 0.29) is 0 Å². The highest BCUT2D eigenvalue weighted by Gasteiger charge is 2.18. The van der Waals surface area contributed by atoms with Crippen LogP contribution in [0.5, 0.6) is 0 Å². The van der Waals surface area contributed by atoms with E-state index in [2.05, 4.69) is 24.2 Å². The summed E-state index contributed by atoms with van der Waals surface area (Å²) >= 11 is 0. The maximum Gasteiger partial charge on any atom is 0.0915 e. The van der Waals surface area contributed by atoms with Gasteiger partial charge in [-0.05, 0) is 46.2 Å². The maximum atomic E-state index is 5.37. The minimum Gasteiger partial charge on any atom is -0.382 e. The van der Waals surface area contributed by atoms with Gasteiger partial charge in [-0.1, -0.05) is 0 Å². The van der Waals surface area contributed by atoms with E-state index < -0.39 is 0 Å². The third-order valence-electron chi connectivity index (χ3n) is 3.13. The number of likely N-dealkylation sites (tertiary alicyclic amines) is 1. The van der Waals surface area contributed by atoms with Gasteiger partial charge in [0.05, 0.1) is 13.2 Å². The first-order valence-corrected chi connectivity index (χ1v) is 6.34. The Morgan fingerprint density at radius 1 is 1.25 bits per heavy atom. The van der Waals surface area contributed by atoms with Crippen molar-refractivity contribution in [2.75, 3.05) is 33.4 Å². The molecule has 0 aromatic rings. The van der Waals surface area contributed by atoms with Crippen LogP contribution in [0.1, 0.15) is 33.1 Å². The van der Waals surface area contributed by atoms with E-state index in [1.54, 1.807) is 7.11 Å².